The van der Waals surface area contributed by atoms with E-state index in [2.05, 4.69) is 0 Å². The Morgan fingerprint density at radius 1 is 1.05 bits per heavy atom. The molecule has 1 amide bonds. The Labute approximate surface area is 126 Å². The van der Waals surface area contributed by atoms with Crippen LogP contribution in [0.4, 0.5) is 5.69 Å². The van der Waals surface area contributed by atoms with E-state index in [1.807, 2.05) is 43.3 Å². The molecule has 0 spiro atoms. The normalized spacial score (nSPS) is 13.4. The van der Waals surface area contributed by atoms with Gasteiger partial charge in [-0.15, -0.1) is 0 Å². The van der Waals surface area contributed by atoms with E-state index in [0.717, 1.165) is 11.3 Å². The van der Waals surface area contributed by atoms with Crippen molar-refractivity contribution in [3.05, 3.63) is 29.8 Å². The summed E-state index contributed by atoms with van der Waals surface area (Å²) >= 11 is 0. The summed E-state index contributed by atoms with van der Waals surface area (Å²) in [5.41, 5.74) is 2.12. The summed E-state index contributed by atoms with van der Waals surface area (Å²) < 4.78 is 0. The minimum atomic E-state index is -0.945. The third kappa shape index (κ3) is 4.48. The molecule has 1 aromatic carbocycles. The van der Waals surface area contributed by atoms with Crippen molar-refractivity contribution in [2.24, 2.45) is 11.8 Å². The Kier molecular flexibility index (Phi) is 5.76. The van der Waals surface area contributed by atoms with Crippen LogP contribution in [0.25, 0.3) is 0 Å². The molecule has 0 saturated heterocycles. The molecular weight excluding hydrogens is 268 g/mol. The molecule has 0 saturated carbocycles. The fraction of sp³-hybridized carbons (Fsp3) is 0.500. The van der Waals surface area contributed by atoms with Crippen LogP contribution in [-0.2, 0) is 16.1 Å². The maximum atomic E-state index is 12.2. The predicted molar refractivity (Wildman–Crippen MR) is 83.2 cm³/mol. The van der Waals surface area contributed by atoms with Gasteiger partial charge in [0.05, 0.1) is 5.92 Å². The maximum absolute atomic E-state index is 12.2. The van der Waals surface area contributed by atoms with Crippen LogP contribution in [0.5, 0.6) is 0 Å². The second-order valence-electron chi connectivity index (χ2n) is 5.67. The van der Waals surface area contributed by atoms with Crippen molar-refractivity contribution in [3.8, 4) is 0 Å². The molecule has 2 atom stereocenters. The topological polar surface area (TPSA) is 60.9 Å². The summed E-state index contributed by atoms with van der Waals surface area (Å²) in [5.74, 6) is -2.31. The second kappa shape index (κ2) is 7.11. The first-order valence-electron chi connectivity index (χ1n) is 6.98. The molecule has 2 unspecified atom stereocenters. The smallest absolute Gasteiger partial charge is 0.307 e. The van der Waals surface area contributed by atoms with Crippen LogP contribution in [0.2, 0.25) is 0 Å². The quantitative estimate of drug-likeness (QED) is 0.872. The van der Waals surface area contributed by atoms with Gasteiger partial charge in [-0.1, -0.05) is 26.0 Å². The Morgan fingerprint density at radius 2 is 1.57 bits per heavy atom. The number of hydrogen-bond acceptors (Lipinski definition) is 3. The van der Waals surface area contributed by atoms with Crippen molar-refractivity contribution < 1.29 is 14.7 Å². The number of amides is 1. The van der Waals surface area contributed by atoms with Crippen LogP contribution in [0.3, 0.4) is 0 Å². The highest BCUT2D eigenvalue weighted by Crippen LogP contribution is 2.17. The van der Waals surface area contributed by atoms with Gasteiger partial charge in [-0.3, -0.25) is 9.59 Å². The molecule has 0 fully saturated rings. The van der Waals surface area contributed by atoms with Crippen molar-refractivity contribution in [1.29, 1.82) is 0 Å². The van der Waals surface area contributed by atoms with Crippen molar-refractivity contribution in [1.82, 2.24) is 4.90 Å². The summed E-state index contributed by atoms with van der Waals surface area (Å²) in [6, 6.07) is 7.95. The standard InChI is InChI=1S/C16H24N2O3/c1-11(12(2)16(20)21)15(19)18(5)10-13-6-8-14(9-7-13)17(3)4/h6-9,11-12H,10H2,1-5H3,(H,20,21). The largest absolute Gasteiger partial charge is 0.481 e. The molecule has 0 bridgehead atoms. The van der Waals surface area contributed by atoms with Crippen LogP contribution in [0.15, 0.2) is 24.3 Å². The monoisotopic (exact) mass is 292 g/mol. The SMILES string of the molecule is CC(C(=O)O)C(C)C(=O)N(C)Cc1ccc(N(C)C)cc1. The molecule has 1 rings (SSSR count). The Morgan fingerprint density at radius 3 is 2.00 bits per heavy atom. The zero-order valence-electron chi connectivity index (χ0n) is 13.3. The Hall–Kier alpha value is -2.04. The summed E-state index contributed by atoms with van der Waals surface area (Å²) in [5, 5.41) is 8.98. The fourth-order valence-corrected chi connectivity index (χ4v) is 2.03. The average Bonchev–Trinajstić information content (AvgIpc) is 2.45. The van der Waals surface area contributed by atoms with Crippen molar-refractivity contribution in [2.75, 3.05) is 26.0 Å². The summed E-state index contributed by atoms with van der Waals surface area (Å²) in [6.07, 6.45) is 0. The molecule has 0 aromatic heterocycles. The van der Waals surface area contributed by atoms with Crippen LogP contribution in [0, 0.1) is 11.8 Å². The minimum absolute atomic E-state index is 0.151. The molecule has 0 aliphatic carbocycles. The van der Waals surface area contributed by atoms with Crippen LogP contribution in [-0.4, -0.2) is 43.0 Å². The van der Waals surface area contributed by atoms with Gasteiger partial charge in [-0.2, -0.15) is 0 Å². The fourth-order valence-electron chi connectivity index (χ4n) is 2.03. The molecule has 5 heteroatoms. The zero-order valence-corrected chi connectivity index (χ0v) is 13.3. The third-order valence-electron chi connectivity index (χ3n) is 3.78. The van der Waals surface area contributed by atoms with E-state index in [1.165, 1.54) is 0 Å². The molecule has 21 heavy (non-hydrogen) atoms. The Bertz CT molecular complexity index is 497. The number of aliphatic carboxylic acids is 1. The van der Waals surface area contributed by atoms with E-state index >= 15 is 0 Å². The lowest BCUT2D eigenvalue weighted by molar-refractivity contribution is -0.148. The van der Waals surface area contributed by atoms with Gasteiger partial charge in [0.25, 0.3) is 0 Å². The van der Waals surface area contributed by atoms with Crippen molar-refractivity contribution >= 4 is 17.6 Å². The number of anilines is 1. The van der Waals surface area contributed by atoms with E-state index < -0.39 is 17.8 Å². The first kappa shape index (κ1) is 17.0. The molecule has 0 heterocycles. The molecule has 0 aliphatic heterocycles. The van der Waals surface area contributed by atoms with Gasteiger partial charge in [0.15, 0.2) is 0 Å². The minimum Gasteiger partial charge on any atom is -0.481 e. The molecule has 0 radical (unpaired) electrons. The predicted octanol–water partition coefficient (Wildman–Crippen LogP) is 2.07. The molecule has 0 aliphatic rings. The second-order valence-corrected chi connectivity index (χ2v) is 5.67. The molecule has 116 valence electrons. The molecule has 1 N–H and O–H groups in total. The number of rotatable bonds is 6. The van der Waals surface area contributed by atoms with E-state index in [-0.39, 0.29) is 5.91 Å². The number of hydrogen-bond donors (Lipinski definition) is 1. The van der Waals surface area contributed by atoms with Crippen molar-refractivity contribution in [3.63, 3.8) is 0 Å². The van der Waals surface area contributed by atoms with Gasteiger partial charge < -0.3 is 14.9 Å². The van der Waals surface area contributed by atoms with Crippen LogP contribution in [0.1, 0.15) is 19.4 Å². The number of carboxylic acids is 1. The zero-order chi connectivity index (χ0) is 16.2. The molecular formula is C16H24N2O3. The number of benzene rings is 1. The van der Waals surface area contributed by atoms with Gasteiger partial charge in [0, 0.05) is 39.3 Å². The van der Waals surface area contributed by atoms with E-state index in [1.54, 1.807) is 25.8 Å². The highest BCUT2D eigenvalue weighted by molar-refractivity contribution is 5.84. The third-order valence-corrected chi connectivity index (χ3v) is 3.78. The van der Waals surface area contributed by atoms with Gasteiger partial charge in [-0.05, 0) is 17.7 Å². The Balaban J connectivity index is 2.69. The van der Waals surface area contributed by atoms with E-state index in [4.69, 9.17) is 5.11 Å². The van der Waals surface area contributed by atoms with Gasteiger partial charge in [-0.25, -0.2) is 0 Å². The van der Waals surface area contributed by atoms with E-state index in [9.17, 15) is 9.59 Å². The summed E-state index contributed by atoms with van der Waals surface area (Å²) in [7, 11) is 5.65. The lowest BCUT2D eigenvalue weighted by Gasteiger charge is -2.24. The first-order chi connectivity index (χ1) is 9.73. The maximum Gasteiger partial charge on any atom is 0.307 e. The average molecular weight is 292 g/mol. The van der Waals surface area contributed by atoms with Crippen LogP contribution < -0.4 is 4.90 Å². The number of carbonyl (C=O) groups is 2. The highest BCUT2D eigenvalue weighted by Gasteiger charge is 2.27. The highest BCUT2D eigenvalue weighted by atomic mass is 16.4. The number of carboxylic acid groups (broad SMARTS) is 1. The van der Waals surface area contributed by atoms with Gasteiger partial charge in [0.2, 0.25) is 5.91 Å². The molecule has 1 aromatic rings. The lowest BCUT2D eigenvalue weighted by atomic mass is 9.95. The number of carbonyl (C=O) groups excluding carboxylic acids is 1. The van der Waals surface area contributed by atoms with Gasteiger partial charge in [0.1, 0.15) is 0 Å². The number of nitrogens with zero attached hydrogens (tertiary/aromatic N) is 2. The lowest BCUT2D eigenvalue weighted by Crippen LogP contribution is -2.36. The van der Waals surface area contributed by atoms with Crippen molar-refractivity contribution in [2.45, 2.75) is 20.4 Å². The van der Waals surface area contributed by atoms with Gasteiger partial charge >= 0.3 is 5.97 Å². The van der Waals surface area contributed by atoms with Crippen LogP contribution >= 0.6 is 0 Å². The summed E-state index contributed by atoms with van der Waals surface area (Å²) in [6.45, 7) is 3.70. The van der Waals surface area contributed by atoms with E-state index in [0.29, 0.717) is 6.54 Å². The summed E-state index contributed by atoms with van der Waals surface area (Å²) in [4.78, 5) is 26.8. The molecule has 5 nitrogen and oxygen atoms in total. The first-order valence-corrected chi connectivity index (χ1v) is 6.98.